The van der Waals surface area contributed by atoms with Crippen LogP contribution in [0.15, 0.2) is 48.5 Å². The average Bonchev–Trinajstić information content (AvgIpc) is 2.74. The predicted octanol–water partition coefficient (Wildman–Crippen LogP) is 5.02. The van der Waals surface area contributed by atoms with Gasteiger partial charge in [0.05, 0.1) is 12.7 Å². The Morgan fingerprint density at radius 1 is 1.00 bits per heavy atom. The molecule has 4 heteroatoms. The Morgan fingerprint density at radius 2 is 1.63 bits per heavy atom. The molecule has 0 aromatic heterocycles. The molecule has 0 aliphatic rings. The van der Waals surface area contributed by atoms with Crippen molar-refractivity contribution in [1.29, 1.82) is 0 Å². The first-order valence-corrected chi connectivity index (χ1v) is 12.2. The van der Waals surface area contributed by atoms with Gasteiger partial charge < -0.3 is 10.1 Å². The van der Waals surface area contributed by atoms with E-state index in [9.17, 15) is 4.79 Å². The van der Waals surface area contributed by atoms with Crippen molar-refractivity contribution < 1.29 is 9.53 Å². The third-order valence-electron chi connectivity index (χ3n) is 5.28. The first-order valence-electron chi connectivity index (χ1n) is 9.60. The summed E-state index contributed by atoms with van der Waals surface area (Å²) in [6.45, 7) is 7.19. The maximum absolute atomic E-state index is 12.7. The molecule has 1 N–H and O–H groups in total. The zero-order chi connectivity index (χ0) is 19.7. The molecule has 2 rings (SSSR count). The van der Waals surface area contributed by atoms with Gasteiger partial charge in [-0.25, -0.2) is 0 Å². The standard InChI is InChI=1S/C23H29NO2Si/c1-5-27(6-2,7-3)17-16-20-10-8-9-11-22(20)23(25)24-18-19-12-14-21(26-4)15-13-19/h8-15H,5-7,18H2,1-4H3,(H,24,25). The Labute approximate surface area is 164 Å². The average molecular weight is 380 g/mol. The van der Waals surface area contributed by atoms with Gasteiger partial charge in [-0.3, -0.25) is 4.79 Å². The second kappa shape index (κ2) is 9.99. The largest absolute Gasteiger partial charge is 0.497 e. The lowest BCUT2D eigenvalue weighted by Gasteiger charge is -2.20. The molecule has 0 fully saturated rings. The Balaban J connectivity index is 2.15. The van der Waals surface area contributed by atoms with E-state index < -0.39 is 8.07 Å². The molecule has 0 aliphatic carbocycles. The van der Waals surface area contributed by atoms with Crippen LogP contribution >= 0.6 is 0 Å². The van der Waals surface area contributed by atoms with Gasteiger partial charge in [-0.15, -0.1) is 5.54 Å². The second-order valence-corrected chi connectivity index (χ2v) is 11.6. The zero-order valence-electron chi connectivity index (χ0n) is 16.8. The summed E-state index contributed by atoms with van der Waals surface area (Å²) in [6, 6.07) is 18.8. The van der Waals surface area contributed by atoms with Crippen LogP contribution in [0, 0.1) is 11.5 Å². The molecule has 0 aliphatic heterocycles. The summed E-state index contributed by atoms with van der Waals surface area (Å²) in [5.41, 5.74) is 6.06. The lowest BCUT2D eigenvalue weighted by atomic mass is 10.1. The molecule has 27 heavy (non-hydrogen) atoms. The number of carbonyl (C=O) groups excluding carboxylic acids is 1. The molecular formula is C23H29NO2Si. The van der Waals surface area contributed by atoms with Crippen LogP contribution in [0.5, 0.6) is 5.75 Å². The lowest BCUT2D eigenvalue weighted by Crippen LogP contribution is -2.29. The number of hydrogen-bond acceptors (Lipinski definition) is 2. The Kier molecular flexibility index (Phi) is 7.69. The van der Waals surface area contributed by atoms with Gasteiger partial charge in [0.15, 0.2) is 0 Å². The number of nitrogens with one attached hydrogen (secondary N) is 1. The van der Waals surface area contributed by atoms with Crippen LogP contribution in [0.3, 0.4) is 0 Å². The molecule has 2 aromatic carbocycles. The van der Waals surface area contributed by atoms with Crippen LogP contribution in [-0.2, 0) is 6.54 Å². The van der Waals surface area contributed by atoms with Crippen molar-refractivity contribution in [2.45, 2.75) is 45.4 Å². The number of rotatable bonds is 7. The molecule has 0 saturated heterocycles. The maximum atomic E-state index is 12.7. The summed E-state index contributed by atoms with van der Waals surface area (Å²) < 4.78 is 5.16. The summed E-state index contributed by atoms with van der Waals surface area (Å²) in [7, 11) is 0.0980. The van der Waals surface area contributed by atoms with E-state index in [1.807, 2.05) is 48.5 Å². The normalized spacial score (nSPS) is 10.7. The van der Waals surface area contributed by atoms with Crippen molar-refractivity contribution in [3.05, 3.63) is 65.2 Å². The Hall–Kier alpha value is -2.51. The van der Waals surface area contributed by atoms with E-state index in [4.69, 9.17) is 4.74 Å². The molecule has 0 spiro atoms. The van der Waals surface area contributed by atoms with E-state index in [2.05, 4.69) is 37.6 Å². The van der Waals surface area contributed by atoms with Crippen LogP contribution in [0.2, 0.25) is 18.1 Å². The lowest BCUT2D eigenvalue weighted by molar-refractivity contribution is 0.0950. The molecule has 0 atom stereocenters. The topological polar surface area (TPSA) is 38.3 Å². The summed E-state index contributed by atoms with van der Waals surface area (Å²) in [4.78, 5) is 12.7. The molecule has 0 unspecified atom stereocenters. The van der Waals surface area contributed by atoms with E-state index in [-0.39, 0.29) is 5.91 Å². The maximum Gasteiger partial charge on any atom is 0.252 e. The quantitative estimate of drug-likeness (QED) is 0.541. The second-order valence-electron chi connectivity index (χ2n) is 6.67. The molecule has 0 bridgehead atoms. The number of amides is 1. The van der Waals surface area contributed by atoms with E-state index in [0.29, 0.717) is 12.1 Å². The van der Waals surface area contributed by atoms with Gasteiger partial charge in [0, 0.05) is 12.1 Å². The van der Waals surface area contributed by atoms with Crippen LogP contribution < -0.4 is 10.1 Å². The van der Waals surface area contributed by atoms with Crippen molar-refractivity contribution in [3.8, 4) is 17.2 Å². The third kappa shape index (κ3) is 5.48. The van der Waals surface area contributed by atoms with Gasteiger partial charge in [0.1, 0.15) is 13.8 Å². The molecule has 3 nitrogen and oxygen atoms in total. The van der Waals surface area contributed by atoms with Gasteiger partial charge in [-0.2, -0.15) is 0 Å². The zero-order valence-corrected chi connectivity index (χ0v) is 17.8. The van der Waals surface area contributed by atoms with Crippen molar-refractivity contribution >= 4 is 14.0 Å². The fraction of sp³-hybridized carbons (Fsp3) is 0.348. The highest BCUT2D eigenvalue weighted by atomic mass is 28.3. The van der Waals surface area contributed by atoms with E-state index in [1.54, 1.807) is 7.11 Å². The summed E-state index contributed by atoms with van der Waals surface area (Å²) in [5.74, 6) is 4.05. The van der Waals surface area contributed by atoms with Crippen molar-refractivity contribution in [2.75, 3.05) is 7.11 Å². The minimum atomic E-state index is -1.54. The van der Waals surface area contributed by atoms with Crippen LogP contribution in [-0.4, -0.2) is 21.1 Å². The van der Waals surface area contributed by atoms with Gasteiger partial charge in [0.2, 0.25) is 0 Å². The van der Waals surface area contributed by atoms with Crippen molar-refractivity contribution in [1.82, 2.24) is 5.32 Å². The molecular weight excluding hydrogens is 350 g/mol. The minimum absolute atomic E-state index is 0.0903. The van der Waals surface area contributed by atoms with Crippen LogP contribution in [0.1, 0.15) is 42.3 Å². The summed E-state index contributed by atoms with van der Waals surface area (Å²) in [5, 5.41) is 3.00. The molecule has 0 radical (unpaired) electrons. The summed E-state index contributed by atoms with van der Waals surface area (Å²) >= 11 is 0. The molecule has 0 heterocycles. The van der Waals surface area contributed by atoms with Crippen molar-refractivity contribution in [3.63, 3.8) is 0 Å². The SMILES string of the molecule is CC[Si](C#Cc1ccccc1C(=O)NCc1ccc(OC)cc1)(CC)CC. The van der Waals surface area contributed by atoms with E-state index in [1.165, 1.54) is 0 Å². The highest BCUT2D eigenvalue weighted by molar-refractivity contribution is 6.87. The monoisotopic (exact) mass is 379 g/mol. The first-order chi connectivity index (χ1) is 13.1. The third-order valence-corrected chi connectivity index (χ3v) is 9.99. The number of hydrogen-bond donors (Lipinski definition) is 1. The van der Waals surface area contributed by atoms with E-state index in [0.717, 1.165) is 35.0 Å². The first kappa shape index (κ1) is 20.8. The number of ether oxygens (including phenoxy) is 1. The Bertz CT molecular complexity index is 806. The van der Waals surface area contributed by atoms with E-state index >= 15 is 0 Å². The van der Waals surface area contributed by atoms with Gasteiger partial charge in [0.25, 0.3) is 5.91 Å². The number of carbonyl (C=O) groups is 1. The van der Waals surface area contributed by atoms with Crippen LogP contribution in [0.25, 0.3) is 0 Å². The smallest absolute Gasteiger partial charge is 0.252 e. The molecule has 1 amide bonds. The predicted molar refractivity (Wildman–Crippen MR) is 115 cm³/mol. The minimum Gasteiger partial charge on any atom is -0.497 e. The fourth-order valence-corrected chi connectivity index (χ4v) is 5.46. The molecule has 2 aromatic rings. The highest BCUT2D eigenvalue weighted by Crippen LogP contribution is 2.19. The van der Waals surface area contributed by atoms with Crippen LogP contribution in [0.4, 0.5) is 0 Å². The Morgan fingerprint density at radius 3 is 2.22 bits per heavy atom. The van der Waals surface area contributed by atoms with Gasteiger partial charge in [-0.05, 0) is 48.0 Å². The van der Waals surface area contributed by atoms with Crippen molar-refractivity contribution in [2.24, 2.45) is 0 Å². The molecule has 0 saturated carbocycles. The van der Waals surface area contributed by atoms with Gasteiger partial charge in [-0.1, -0.05) is 51.0 Å². The number of methoxy groups -OCH3 is 1. The van der Waals surface area contributed by atoms with Gasteiger partial charge >= 0.3 is 0 Å². The highest BCUT2D eigenvalue weighted by Gasteiger charge is 2.24. The number of benzene rings is 2. The summed E-state index contributed by atoms with van der Waals surface area (Å²) in [6.07, 6.45) is 0. The molecule has 142 valence electrons. The fourth-order valence-electron chi connectivity index (χ4n) is 3.03.